The summed E-state index contributed by atoms with van der Waals surface area (Å²) in [4.78, 5) is 23.2. The Bertz CT molecular complexity index is 634. The van der Waals surface area contributed by atoms with Crippen LogP contribution in [0.1, 0.15) is 11.3 Å². The smallest absolute Gasteiger partial charge is 0.258 e. The maximum absolute atomic E-state index is 11.6. The molecule has 0 saturated heterocycles. The molecule has 0 bridgehead atoms. The Hall–Kier alpha value is -2.56. The lowest BCUT2D eigenvalue weighted by atomic mass is 10.2. The summed E-state index contributed by atoms with van der Waals surface area (Å²) < 4.78 is 10.2. The van der Waals surface area contributed by atoms with Gasteiger partial charge in [0.2, 0.25) is 11.2 Å². The van der Waals surface area contributed by atoms with Crippen LogP contribution in [0.2, 0.25) is 0 Å². The summed E-state index contributed by atoms with van der Waals surface area (Å²) in [6.45, 7) is 1.81. The van der Waals surface area contributed by atoms with E-state index in [0.717, 1.165) is 5.56 Å². The number of nitrogens with one attached hydrogen (secondary N) is 1. The standard InChI is InChI=1S/C15H15NO4/c1-11-15(13(17)7-8-19-11)20-10-14(18)16-9-12-5-3-2-4-6-12/h2-8H,9-10H2,1H3,(H,16,18). The molecule has 1 heterocycles. The molecule has 0 aliphatic heterocycles. The molecule has 0 radical (unpaired) electrons. The normalized spacial score (nSPS) is 10.1. The van der Waals surface area contributed by atoms with Gasteiger partial charge in [0.25, 0.3) is 5.91 Å². The number of hydrogen-bond donors (Lipinski definition) is 1. The fourth-order valence-corrected chi connectivity index (χ4v) is 1.66. The molecule has 1 amide bonds. The van der Waals surface area contributed by atoms with Gasteiger partial charge in [0.05, 0.1) is 6.26 Å². The van der Waals surface area contributed by atoms with Crippen molar-refractivity contribution in [2.45, 2.75) is 13.5 Å². The van der Waals surface area contributed by atoms with Crippen LogP contribution in [0.25, 0.3) is 0 Å². The van der Waals surface area contributed by atoms with Gasteiger partial charge >= 0.3 is 0 Å². The largest absolute Gasteiger partial charge is 0.476 e. The molecule has 2 rings (SSSR count). The molecule has 1 N–H and O–H groups in total. The number of carbonyl (C=O) groups is 1. The number of aryl methyl sites for hydroxylation is 1. The molecule has 0 saturated carbocycles. The fourth-order valence-electron chi connectivity index (χ4n) is 1.66. The van der Waals surface area contributed by atoms with Gasteiger partial charge in [-0.2, -0.15) is 0 Å². The molecule has 0 fully saturated rings. The maximum atomic E-state index is 11.6. The Labute approximate surface area is 116 Å². The number of hydrogen-bond acceptors (Lipinski definition) is 4. The van der Waals surface area contributed by atoms with E-state index in [1.54, 1.807) is 6.92 Å². The van der Waals surface area contributed by atoms with Crippen LogP contribution in [0.3, 0.4) is 0 Å². The zero-order valence-corrected chi connectivity index (χ0v) is 11.1. The van der Waals surface area contributed by atoms with Crippen LogP contribution in [0.4, 0.5) is 0 Å². The van der Waals surface area contributed by atoms with Crippen LogP contribution in [0.15, 0.2) is 51.9 Å². The Balaban J connectivity index is 1.85. The first-order valence-electron chi connectivity index (χ1n) is 6.18. The van der Waals surface area contributed by atoms with Crippen LogP contribution >= 0.6 is 0 Å². The highest BCUT2D eigenvalue weighted by Gasteiger charge is 2.09. The van der Waals surface area contributed by atoms with E-state index < -0.39 is 0 Å². The van der Waals surface area contributed by atoms with Gasteiger partial charge in [0.15, 0.2) is 6.61 Å². The predicted octanol–water partition coefficient (Wildman–Crippen LogP) is 1.64. The van der Waals surface area contributed by atoms with E-state index in [9.17, 15) is 9.59 Å². The van der Waals surface area contributed by atoms with Gasteiger partial charge in [0, 0.05) is 12.6 Å². The highest BCUT2D eigenvalue weighted by molar-refractivity contribution is 5.77. The minimum Gasteiger partial charge on any atom is -0.476 e. The number of carbonyl (C=O) groups excluding carboxylic acids is 1. The molecule has 0 spiro atoms. The third-order valence-electron chi connectivity index (χ3n) is 2.69. The highest BCUT2D eigenvalue weighted by Crippen LogP contribution is 2.10. The molecular weight excluding hydrogens is 258 g/mol. The quantitative estimate of drug-likeness (QED) is 0.899. The molecule has 1 aromatic heterocycles. The van der Waals surface area contributed by atoms with Gasteiger partial charge in [-0.25, -0.2) is 0 Å². The van der Waals surface area contributed by atoms with E-state index in [4.69, 9.17) is 9.15 Å². The van der Waals surface area contributed by atoms with E-state index in [2.05, 4.69) is 5.32 Å². The number of rotatable bonds is 5. The molecule has 0 atom stereocenters. The Kier molecular flexibility index (Phi) is 4.55. The second kappa shape index (κ2) is 6.56. The van der Waals surface area contributed by atoms with Gasteiger partial charge in [-0.15, -0.1) is 0 Å². The monoisotopic (exact) mass is 273 g/mol. The van der Waals surface area contributed by atoms with Crippen molar-refractivity contribution in [1.29, 1.82) is 0 Å². The van der Waals surface area contributed by atoms with Crippen molar-refractivity contribution < 1.29 is 13.9 Å². The first-order valence-corrected chi connectivity index (χ1v) is 6.18. The van der Waals surface area contributed by atoms with Crippen molar-refractivity contribution in [3.63, 3.8) is 0 Å². The SMILES string of the molecule is Cc1occc(=O)c1OCC(=O)NCc1ccccc1. The minimum absolute atomic E-state index is 0.0716. The van der Waals surface area contributed by atoms with Gasteiger partial charge in [-0.3, -0.25) is 9.59 Å². The van der Waals surface area contributed by atoms with Crippen molar-refractivity contribution >= 4 is 5.91 Å². The van der Waals surface area contributed by atoms with Crippen molar-refractivity contribution in [3.8, 4) is 5.75 Å². The second-order valence-corrected chi connectivity index (χ2v) is 4.22. The van der Waals surface area contributed by atoms with Gasteiger partial charge in [0.1, 0.15) is 5.76 Å². The summed E-state index contributed by atoms with van der Waals surface area (Å²) in [5, 5.41) is 2.71. The van der Waals surface area contributed by atoms with Crippen molar-refractivity contribution in [3.05, 3.63) is 64.2 Å². The molecule has 0 unspecified atom stereocenters. The first kappa shape index (κ1) is 13.9. The zero-order valence-electron chi connectivity index (χ0n) is 11.1. The predicted molar refractivity (Wildman–Crippen MR) is 73.5 cm³/mol. The third kappa shape index (κ3) is 3.71. The van der Waals surface area contributed by atoms with Crippen LogP contribution in [0, 0.1) is 6.92 Å². The summed E-state index contributed by atoms with van der Waals surface area (Å²) in [6.07, 6.45) is 1.29. The topological polar surface area (TPSA) is 68.5 Å². The lowest BCUT2D eigenvalue weighted by Gasteiger charge is -2.08. The van der Waals surface area contributed by atoms with Gasteiger partial charge in [-0.1, -0.05) is 30.3 Å². The van der Waals surface area contributed by atoms with E-state index in [0.29, 0.717) is 12.3 Å². The lowest BCUT2D eigenvalue weighted by molar-refractivity contribution is -0.123. The Morgan fingerprint density at radius 3 is 2.70 bits per heavy atom. The highest BCUT2D eigenvalue weighted by atomic mass is 16.5. The molecule has 0 aliphatic carbocycles. The minimum atomic E-state index is -0.301. The summed E-state index contributed by atoms with van der Waals surface area (Å²) in [5.41, 5.74) is 0.695. The molecule has 0 aliphatic rings. The summed E-state index contributed by atoms with van der Waals surface area (Å²) in [7, 11) is 0. The Morgan fingerprint density at radius 1 is 1.25 bits per heavy atom. The Morgan fingerprint density at radius 2 is 2.00 bits per heavy atom. The van der Waals surface area contributed by atoms with Crippen molar-refractivity contribution in [1.82, 2.24) is 5.32 Å². The number of benzene rings is 1. The molecule has 5 nitrogen and oxygen atoms in total. The number of ether oxygens (including phenoxy) is 1. The third-order valence-corrected chi connectivity index (χ3v) is 2.69. The summed E-state index contributed by atoms with van der Waals surface area (Å²) >= 11 is 0. The molecule has 104 valence electrons. The summed E-state index contributed by atoms with van der Waals surface area (Å²) in [6, 6.07) is 10.8. The van der Waals surface area contributed by atoms with E-state index in [-0.39, 0.29) is 23.7 Å². The molecular formula is C15H15NO4. The molecule has 1 aromatic carbocycles. The van der Waals surface area contributed by atoms with Crippen LogP contribution in [-0.2, 0) is 11.3 Å². The van der Waals surface area contributed by atoms with Crippen LogP contribution < -0.4 is 15.5 Å². The maximum Gasteiger partial charge on any atom is 0.258 e. The van der Waals surface area contributed by atoms with Crippen LogP contribution in [0.5, 0.6) is 5.75 Å². The molecule has 2 aromatic rings. The van der Waals surface area contributed by atoms with E-state index >= 15 is 0 Å². The van der Waals surface area contributed by atoms with Crippen molar-refractivity contribution in [2.75, 3.05) is 6.61 Å². The lowest BCUT2D eigenvalue weighted by Crippen LogP contribution is -2.29. The fraction of sp³-hybridized carbons (Fsp3) is 0.200. The van der Waals surface area contributed by atoms with Gasteiger partial charge in [-0.05, 0) is 12.5 Å². The second-order valence-electron chi connectivity index (χ2n) is 4.22. The molecule has 20 heavy (non-hydrogen) atoms. The van der Waals surface area contributed by atoms with E-state index in [1.165, 1.54) is 12.3 Å². The van der Waals surface area contributed by atoms with Gasteiger partial charge < -0.3 is 14.5 Å². The van der Waals surface area contributed by atoms with Crippen molar-refractivity contribution in [2.24, 2.45) is 0 Å². The first-order chi connectivity index (χ1) is 9.66. The summed E-state index contributed by atoms with van der Waals surface area (Å²) in [5.74, 6) is 0.132. The van der Waals surface area contributed by atoms with Crippen LogP contribution in [-0.4, -0.2) is 12.5 Å². The molecule has 5 heteroatoms. The average Bonchev–Trinajstić information content (AvgIpc) is 2.46. The average molecular weight is 273 g/mol. The number of amides is 1. The van der Waals surface area contributed by atoms with E-state index in [1.807, 2.05) is 30.3 Å². The zero-order chi connectivity index (χ0) is 14.4.